The lowest BCUT2D eigenvalue weighted by Gasteiger charge is -2.47. The number of hydrogen-bond acceptors (Lipinski definition) is 13. The number of benzene rings is 1. The van der Waals surface area contributed by atoms with Gasteiger partial charge in [0.15, 0.2) is 5.78 Å². The molecular formula is C52H75NO13. The third-order valence-electron chi connectivity index (χ3n) is 14.6. The van der Waals surface area contributed by atoms with Crippen molar-refractivity contribution >= 4 is 35.3 Å². The van der Waals surface area contributed by atoms with Crippen LogP contribution in [-0.2, 0) is 38.1 Å². The molecule has 5 rings (SSSR count). The second-order valence-electron chi connectivity index (χ2n) is 19.7. The SMILES string of the molecule is CO[C@H]1C[C@@H](C)C/C(C)=C/C(C/C=C/c2ccc(C(C)=O)cc2)C(=O)C[C@H](O)[C@@H](C)[C@@H](/C(C)=C/[C@@H]2CC[C@@H](O)[C@H](CO)C2)OC(=O)C2CCCCN2C(=O)C(=O)[C@]2(O)OC1[C@@H](OC)C[C@H]2C. The first-order chi connectivity index (χ1) is 31.3. The molecular weight excluding hydrogens is 847 g/mol. The Hall–Kier alpha value is -3.89. The first-order valence-electron chi connectivity index (χ1n) is 24.0. The second kappa shape index (κ2) is 23.9. The molecule has 1 amide bonds. The number of hydrogen-bond donors (Lipinski definition) is 4. The van der Waals surface area contributed by atoms with Gasteiger partial charge in [-0.05, 0) is 108 Å². The molecule has 0 aromatic heterocycles. The predicted octanol–water partition coefficient (Wildman–Crippen LogP) is 5.96. The van der Waals surface area contributed by atoms with Gasteiger partial charge in [-0.1, -0.05) is 74.9 Å². The molecule has 14 atom stereocenters. The number of aliphatic hydroxyl groups is 4. The van der Waals surface area contributed by atoms with Crippen LogP contribution in [0.5, 0.6) is 0 Å². The molecule has 3 fully saturated rings. The van der Waals surface area contributed by atoms with Crippen molar-refractivity contribution in [3.05, 3.63) is 64.8 Å². The fourth-order valence-electron chi connectivity index (χ4n) is 10.5. The summed E-state index contributed by atoms with van der Waals surface area (Å²) in [6, 6.07) is 6.00. The van der Waals surface area contributed by atoms with Crippen molar-refractivity contribution in [1.82, 2.24) is 4.90 Å². The summed E-state index contributed by atoms with van der Waals surface area (Å²) in [5, 5.41) is 44.6. The van der Waals surface area contributed by atoms with Gasteiger partial charge >= 0.3 is 5.97 Å². The van der Waals surface area contributed by atoms with Crippen LogP contribution in [0.3, 0.4) is 0 Å². The van der Waals surface area contributed by atoms with Gasteiger partial charge in [0, 0.05) is 63.0 Å². The van der Waals surface area contributed by atoms with E-state index in [0.717, 1.165) is 16.0 Å². The number of aliphatic hydroxyl groups excluding tert-OH is 3. The summed E-state index contributed by atoms with van der Waals surface area (Å²) in [6.45, 7) is 10.5. The van der Waals surface area contributed by atoms with Gasteiger partial charge < -0.3 is 44.3 Å². The molecule has 1 aliphatic carbocycles. The van der Waals surface area contributed by atoms with E-state index in [-0.39, 0.29) is 61.7 Å². The highest BCUT2D eigenvalue weighted by Crippen LogP contribution is 2.39. The minimum Gasteiger partial charge on any atom is -0.456 e. The number of cyclic esters (lactones) is 1. The molecule has 1 aromatic rings. The van der Waals surface area contributed by atoms with E-state index in [0.29, 0.717) is 62.5 Å². The summed E-state index contributed by atoms with van der Waals surface area (Å²) in [5.74, 6) is -8.60. The van der Waals surface area contributed by atoms with Crippen LogP contribution in [0, 0.1) is 35.5 Å². The Bertz CT molecular complexity index is 1940. The topological polar surface area (TPSA) is 206 Å². The Morgan fingerprint density at radius 1 is 0.909 bits per heavy atom. The van der Waals surface area contributed by atoms with Gasteiger partial charge in [-0.3, -0.25) is 19.2 Å². The molecule has 2 saturated heterocycles. The monoisotopic (exact) mass is 922 g/mol. The number of amides is 1. The molecule has 4 N–H and O–H groups in total. The summed E-state index contributed by atoms with van der Waals surface area (Å²) in [6.07, 6.45) is 6.59. The Kier molecular flexibility index (Phi) is 19.2. The normalized spacial score (nSPS) is 37.1. The molecule has 1 saturated carbocycles. The summed E-state index contributed by atoms with van der Waals surface area (Å²) in [4.78, 5) is 70.6. The van der Waals surface area contributed by atoms with Crippen molar-refractivity contribution in [2.24, 2.45) is 35.5 Å². The number of carbonyl (C=O) groups is 5. The maximum Gasteiger partial charge on any atom is 0.329 e. The highest BCUT2D eigenvalue weighted by Gasteiger charge is 2.56. The Morgan fingerprint density at radius 3 is 2.24 bits per heavy atom. The number of ether oxygens (including phenoxy) is 4. The van der Waals surface area contributed by atoms with Gasteiger partial charge in [0.05, 0.1) is 24.4 Å². The number of piperidine rings is 1. The Morgan fingerprint density at radius 2 is 1.59 bits per heavy atom. The molecule has 0 spiro atoms. The zero-order valence-corrected chi connectivity index (χ0v) is 40.2. The third-order valence-corrected chi connectivity index (χ3v) is 14.6. The number of nitrogens with zero attached hydrogens (tertiary/aromatic N) is 1. The number of carbonyl (C=O) groups excluding carboxylic acids is 5. The summed E-state index contributed by atoms with van der Waals surface area (Å²) < 4.78 is 24.4. The second-order valence-corrected chi connectivity index (χ2v) is 19.7. The van der Waals surface area contributed by atoms with Crippen LogP contribution in [0.25, 0.3) is 6.08 Å². The van der Waals surface area contributed by atoms with Crippen LogP contribution in [0.15, 0.2) is 53.6 Å². The molecule has 3 unspecified atom stereocenters. The van der Waals surface area contributed by atoms with Crippen LogP contribution in [-0.4, -0.2) is 130 Å². The third kappa shape index (κ3) is 13.0. The zero-order valence-electron chi connectivity index (χ0n) is 40.2. The molecule has 66 heavy (non-hydrogen) atoms. The molecule has 14 heteroatoms. The van der Waals surface area contributed by atoms with Gasteiger partial charge in [-0.25, -0.2) is 4.79 Å². The lowest BCUT2D eigenvalue weighted by molar-refractivity contribution is -0.302. The Labute approximate surface area is 390 Å². The maximum atomic E-state index is 14.5. The highest BCUT2D eigenvalue weighted by atomic mass is 16.7. The average Bonchev–Trinajstić information content (AvgIpc) is 3.29. The quantitative estimate of drug-likeness (QED) is 0.0978. The maximum absolute atomic E-state index is 14.5. The number of ketones is 3. The van der Waals surface area contributed by atoms with Crippen molar-refractivity contribution in [2.75, 3.05) is 27.4 Å². The number of Topliss-reactive ketones (excluding diaryl/α,β-unsaturated/α-hetero) is 3. The lowest BCUT2D eigenvalue weighted by atomic mass is 9.78. The van der Waals surface area contributed by atoms with E-state index in [2.05, 4.69) is 0 Å². The van der Waals surface area contributed by atoms with E-state index in [4.69, 9.17) is 18.9 Å². The largest absolute Gasteiger partial charge is 0.456 e. The Balaban J connectivity index is 1.55. The molecule has 1 aromatic carbocycles. The molecule has 3 heterocycles. The number of allylic oxidation sites excluding steroid dienone is 4. The van der Waals surface area contributed by atoms with Gasteiger partial charge in [-0.2, -0.15) is 0 Å². The first-order valence-corrected chi connectivity index (χ1v) is 24.0. The number of fused-ring (bicyclic) bond motifs is 3. The summed E-state index contributed by atoms with van der Waals surface area (Å²) in [7, 11) is 3.03. The minimum absolute atomic E-state index is 0.0387. The lowest BCUT2D eigenvalue weighted by Crippen LogP contribution is -2.64. The van der Waals surface area contributed by atoms with Crippen molar-refractivity contribution in [3.63, 3.8) is 0 Å². The molecule has 2 bridgehead atoms. The summed E-state index contributed by atoms with van der Waals surface area (Å²) in [5.41, 5.74) is 2.97. The van der Waals surface area contributed by atoms with Crippen molar-refractivity contribution in [3.8, 4) is 0 Å². The molecule has 14 nitrogen and oxygen atoms in total. The van der Waals surface area contributed by atoms with Crippen molar-refractivity contribution in [1.29, 1.82) is 0 Å². The van der Waals surface area contributed by atoms with E-state index in [1.54, 1.807) is 32.9 Å². The van der Waals surface area contributed by atoms with Gasteiger partial charge in [0.25, 0.3) is 11.7 Å². The molecule has 3 aliphatic heterocycles. The molecule has 4 aliphatic rings. The summed E-state index contributed by atoms with van der Waals surface area (Å²) >= 11 is 0. The minimum atomic E-state index is -2.55. The molecule has 366 valence electrons. The van der Waals surface area contributed by atoms with Crippen LogP contribution >= 0.6 is 0 Å². The fourth-order valence-corrected chi connectivity index (χ4v) is 10.5. The van der Waals surface area contributed by atoms with Gasteiger partial charge in [0.2, 0.25) is 5.79 Å². The number of rotatable bonds is 9. The van der Waals surface area contributed by atoms with Crippen LogP contribution < -0.4 is 0 Å². The standard InChI is InChI=1S/C52H75NO13/c1-30-22-31(2)24-45(63-7)48-46(64-8)26-33(4)52(62,66-48)49(59)50(60)53-21-10-9-14-41(53)51(61)65-47(32(3)25-37-17-20-42(56)40(27-37)29-54)34(5)43(57)28-44(58)39(23-30)13-11-12-36-15-18-38(19-16-36)35(6)55/h11-12,15-16,18-19,23,25,31,33-34,37,39-43,45-48,54,56-57,62H,9-10,13-14,17,20-22,24,26-29H2,1-8H3/b12-11+,30-23+,32-25+/t31-,33+,34+,37-,39?,40-,41?,42+,43-,45-,46-,47+,48?,52+/m0/s1. The highest BCUT2D eigenvalue weighted by molar-refractivity contribution is 6.39. The van der Waals surface area contributed by atoms with Gasteiger partial charge in [-0.15, -0.1) is 0 Å². The van der Waals surface area contributed by atoms with E-state index in [1.807, 2.05) is 50.3 Å². The van der Waals surface area contributed by atoms with Crippen LogP contribution in [0.2, 0.25) is 0 Å². The van der Waals surface area contributed by atoms with E-state index in [9.17, 15) is 44.4 Å². The molecule has 0 radical (unpaired) electrons. The van der Waals surface area contributed by atoms with Crippen molar-refractivity contribution < 1.29 is 63.3 Å². The zero-order chi connectivity index (χ0) is 48.5. The van der Waals surface area contributed by atoms with E-state index >= 15 is 0 Å². The van der Waals surface area contributed by atoms with Crippen LogP contribution in [0.1, 0.15) is 128 Å². The number of esters is 1. The fraction of sp³-hybridized carbons (Fsp3) is 0.673. The van der Waals surface area contributed by atoms with Gasteiger partial charge in [0.1, 0.15) is 24.0 Å². The number of methoxy groups -OCH3 is 2. The van der Waals surface area contributed by atoms with Crippen molar-refractivity contribution in [2.45, 2.75) is 161 Å². The predicted molar refractivity (Wildman–Crippen MR) is 248 cm³/mol. The van der Waals surface area contributed by atoms with E-state index < -0.39 is 83.9 Å². The smallest absolute Gasteiger partial charge is 0.329 e. The van der Waals surface area contributed by atoms with Crippen LogP contribution in [0.4, 0.5) is 0 Å². The first kappa shape index (κ1) is 53.1. The average molecular weight is 922 g/mol. The van der Waals surface area contributed by atoms with E-state index in [1.165, 1.54) is 21.1 Å².